The number of nitrogens with zero attached hydrogens (tertiary/aromatic N) is 2. The molecule has 0 spiro atoms. The molecule has 0 saturated heterocycles. The maximum atomic E-state index is 7.06. The van der Waals surface area contributed by atoms with E-state index in [1.165, 1.54) is 6.21 Å². The third kappa shape index (κ3) is 1.55. The van der Waals surface area contributed by atoms with Crippen LogP contribution in [0.4, 0.5) is 5.69 Å². The average molecular weight is 149 g/mol. The molecule has 0 atom stereocenters. The molecule has 1 aromatic heterocycles. The minimum absolute atomic E-state index is 0.852. The van der Waals surface area contributed by atoms with Crippen LogP contribution in [0.3, 0.4) is 0 Å². The Kier molecular flexibility index (Phi) is 2.21. The lowest BCUT2D eigenvalue weighted by molar-refractivity contribution is 0.927. The van der Waals surface area contributed by atoms with E-state index in [0.29, 0.717) is 0 Å². The van der Waals surface area contributed by atoms with Crippen LogP contribution >= 0.6 is 0 Å². The quantitative estimate of drug-likeness (QED) is 0.622. The van der Waals surface area contributed by atoms with Gasteiger partial charge in [-0.25, -0.2) is 0 Å². The maximum Gasteiger partial charge on any atom is 0.0889 e. The van der Waals surface area contributed by atoms with Crippen molar-refractivity contribution in [2.45, 2.75) is 6.92 Å². The highest BCUT2D eigenvalue weighted by molar-refractivity contribution is 5.85. The first-order chi connectivity index (χ1) is 5.27. The van der Waals surface area contributed by atoms with Gasteiger partial charge in [0.15, 0.2) is 0 Å². The largest absolute Gasteiger partial charge is 0.354 e. The zero-order chi connectivity index (χ0) is 8.27. The molecule has 58 valence electrons. The fraction of sp³-hybridized carbons (Fsp3) is 0.250. The van der Waals surface area contributed by atoms with Gasteiger partial charge < -0.3 is 9.98 Å². The van der Waals surface area contributed by atoms with Crippen molar-refractivity contribution in [3.05, 3.63) is 18.0 Å². The van der Waals surface area contributed by atoms with Gasteiger partial charge in [0, 0.05) is 37.4 Å². The van der Waals surface area contributed by atoms with Gasteiger partial charge in [-0.2, -0.15) is 0 Å². The smallest absolute Gasteiger partial charge is 0.0889 e. The fourth-order valence-corrected chi connectivity index (χ4v) is 0.948. The Bertz CT molecular complexity index is 284. The van der Waals surface area contributed by atoms with Gasteiger partial charge in [0.2, 0.25) is 0 Å². The van der Waals surface area contributed by atoms with Crippen molar-refractivity contribution in [1.82, 2.24) is 4.57 Å². The molecule has 0 fully saturated rings. The predicted octanol–water partition coefficient (Wildman–Crippen LogP) is 1.74. The van der Waals surface area contributed by atoms with Gasteiger partial charge in [-0.15, -0.1) is 0 Å². The lowest BCUT2D eigenvalue weighted by Gasteiger charge is -1.85. The molecule has 0 aromatic carbocycles. The summed E-state index contributed by atoms with van der Waals surface area (Å²) in [6.07, 6.45) is 6.79. The van der Waals surface area contributed by atoms with E-state index < -0.39 is 0 Å². The second kappa shape index (κ2) is 3.14. The Morgan fingerprint density at radius 3 is 2.82 bits per heavy atom. The number of aryl methyl sites for hydroxylation is 1. The number of hydrogen-bond acceptors (Lipinski definition) is 2. The average Bonchev–Trinajstić information content (AvgIpc) is 2.32. The van der Waals surface area contributed by atoms with Crippen LogP contribution in [0.2, 0.25) is 0 Å². The summed E-state index contributed by atoms with van der Waals surface area (Å²) in [7, 11) is 1.92. The molecule has 1 heterocycles. The summed E-state index contributed by atoms with van der Waals surface area (Å²) in [6.45, 7) is 1.86. The molecule has 3 heteroatoms. The van der Waals surface area contributed by atoms with Crippen LogP contribution in [0.25, 0.3) is 0 Å². The Morgan fingerprint density at radius 1 is 1.55 bits per heavy atom. The van der Waals surface area contributed by atoms with Crippen molar-refractivity contribution >= 4 is 18.1 Å². The topological polar surface area (TPSA) is 41.1 Å². The predicted molar refractivity (Wildman–Crippen MR) is 47.1 cm³/mol. The van der Waals surface area contributed by atoms with E-state index in [1.54, 1.807) is 6.21 Å². The Hall–Kier alpha value is -1.38. The molecule has 0 radical (unpaired) electrons. The molecule has 1 aromatic rings. The van der Waals surface area contributed by atoms with Gasteiger partial charge >= 0.3 is 0 Å². The van der Waals surface area contributed by atoms with Crippen LogP contribution in [0.5, 0.6) is 0 Å². The summed E-state index contributed by atoms with van der Waals surface area (Å²) in [5.41, 5.74) is 1.70. The van der Waals surface area contributed by atoms with Crippen molar-refractivity contribution in [3.63, 3.8) is 0 Å². The Balaban J connectivity index is 3.11. The summed E-state index contributed by atoms with van der Waals surface area (Å²) >= 11 is 0. The van der Waals surface area contributed by atoms with Crippen molar-refractivity contribution < 1.29 is 0 Å². The molecule has 11 heavy (non-hydrogen) atoms. The fourth-order valence-electron chi connectivity index (χ4n) is 0.948. The van der Waals surface area contributed by atoms with E-state index in [2.05, 4.69) is 4.99 Å². The molecule has 0 saturated carbocycles. The van der Waals surface area contributed by atoms with Gasteiger partial charge in [-0.3, -0.25) is 4.99 Å². The van der Waals surface area contributed by atoms with Gasteiger partial charge in [0.05, 0.1) is 5.69 Å². The lowest BCUT2D eigenvalue weighted by Crippen LogP contribution is -1.78. The highest BCUT2D eigenvalue weighted by Crippen LogP contribution is 2.16. The molecule has 0 amide bonds. The Labute approximate surface area is 65.9 Å². The van der Waals surface area contributed by atoms with Gasteiger partial charge in [-0.05, 0) is 6.92 Å². The first-order valence-corrected chi connectivity index (χ1v) is 3.43. The first-order valence-electron chi connectivity index (χ1n) is 3.43. The summed E-state index contributed by atoms with van der Waals surface area (Å²) < 4.78 is 1.89. The first kappa shape index (κ1) is 7.72. The summed E-state index contributed by atoms with van der Waals surface area (Å²) in [5, 5.41) is 7.06. The second-order valence-electron chi connectivity index (χ2n) is 2.30. The van der Waals surface area contributed by atoms with Crippen LogP contribution < -0.4 is 0 Å². The standard InChI is InChI=1S/C8H11N3/c1-3-10-8-6-11(2)5-7(8)4-9/h3-6,9H,1-2H3/b9-4?,10-3-. The number of aliphatic imine (C=N–C) groups is 1. The highest BCUT2D eigenvalue weighted by atomic mass is 14.9. The van der Waals surface area contributed by atoms with Crippen LogP contribution in [0.15, 0.2) is 17.4 Å². The number of hydrogen-bond donors (Lipinski definition) is 1. The summed E-state index contributed by atoms with van der Waals surface area (Å²) in [4.78, 5) is 4.10. The van der Waals surface area contributed by atoms with E-state index in [9.17, 15) is 0 Å². The molecular formula is C8H11N3. The highest BCUT2D eigenvalue weighted by Gasteiger charge is 1.98. The third-order valence-electron chi connectivity index (χ3n) is 1.39. The normalized spacial score (nSPS) is 10.7. The minimum Gasteiger partial charge on any atom is -0.354 e. The number of rotatable bonds is 2. The van der Waals surface area contributed by atoms with E-state index in [4.69, 9.17) is 5.41 Å². The van der Waals surface area contributed by atoms with Gasteiger partial charge in [0.25, 0.3) is 0 Å². The maximum absolute atomic E-state index is 7.06. The van der Waals surface area contributed by atoms with E-state index in [1.807, 2.05) is 30.9 Å². The van der Waals surface area contributed by atoms with Gasteiger partial charge in [-0.1, -0.05) is 0 Å². The van der Waals surface area contributed by atoms with Crippen molar-refractivity contribution in [2.24, 2.45) is 12.0 Å². The molecule has 0 bridgehead atoms. The SMILES string of the molecule is C/C=N\c1cn(C)cc1C=N. The zero-order valence-electron chi connectivity index (χ0n) is 6.70. The zero-order valence-corrected chi connectivity index (χ0v) is 6.70. The van der Waals surface area contributed by atoms with Crippen molar-refractivity contribution in [1.29, 1.82) is 5.41 Å². The summed E-state index contributed by atoms with van der Waals surface area (Å²) in [6, 6.07) is 0. The molecular weight excluding hydrogens is 138 g/mol. The van der Waals surface area contributed by atoms with E-state index >= 15 is 0 Å². The molecule has 1 N–H and O–H groups in total. The lowest BCUT2D eigenvalue weighted by atomic mass is 10.3. The van der Waals surface area contributed by atoms with Crippen LogP contribution in [-0.4, -0.2) is 17.0 Å². The van der Waals surface area contributed by atoms with E-state index in [0.717, 1.165) is 11.3 Å². The van der Waals surface area contributed by atoms with E-state index in [-0.39, 0.29) is 0 Å². The third-order valence-corrected chi connectivity index (χ3v) is 1.39. The van der Waals surface area contributed by atoms with Crippen LogP contribution in [-0.2, 0) is 7.05 Å². The molecule has 3 nitrogen and oxygen atoms in total. The molecule has 0 aliphatic carbocycles. The molecule has 0 unspecified atom stereocenters. The van der Waals surface area contributed by atoms with Crippen LogP contribution in [0.1, 0.15) is 12.5 Å². The minimum atomic E-state index is 0.852. The van der Waals surface area contributed by atoms with Gasteiger partial charge in [0.1, 0.15) is 0 Å². The molecule has 0 aliphatic heterocycles. The van der Waals surface area contributed by atoms with Crippen molar-refractivity contribution in [2.75, 3.05) is 0 Å². The van der Waals surface area contributed by atoms with Crippen molar-refractivity contribution in [3.8, 4) is 0 Å². The monoisotopic (exact) mass is 149 g/mol. The van der Waals surface area contributed by atoms with Crippen LogP contribution in [0, 0.1) is 5.41 Å². The molecule has 1 rings (SSSR count). The second-order valence-corrected chi connectivity index (χ2v) is 2.30. The number of nitrogens with one attached hydrogen (secondary N) is 1. The molecule has 0 aliphatic rings. The Morgan fingerprint density at radius 2 is 2.27 bits per heavy atom. The number of aromatic nitrogens is 1. The summed E-state index contributed by atoms with van der Waals surface area (Å²) in [5.74, 6) is 0.